The van der Waals surface area contributed by atoms with E-state index in [0.29, 0.717) is 40.7 Å². The number of carbonyl (C=O) groups is 1. The third kappa shape index (κ3) is 4.98. The van der Waals surface area contributed by atoms with Gasteiger partial charge in [0.2, 0.25) is 15.9 Å². The number of halogens is 1. The van der Waals surface area contributed by atoms with Gasteiger partial charge in [0.25, 0.3) is 0 Å². The third-order valence-corrected chi connectivity index (χ3v) is 9.55. The van der Waals surface area contributed by atoms with E-state index in [4.69, 9.17) is 18.9 Å². The molecule has 1 amide bonds. The predicted octanol–water partition coefficient (Wildman–Crippen LogP) is 4.68. The first kappa shape index (κ1) is 26.1. The van der Waals surface area contributed by atoms with Gasteiger partial charge in [-0.1, -0.05) is 11.3 Å². The number of fused-ring (bicyclic) bond motifs is 1. The Morgan fingerprint density at radius 1 is 1.11 bits per heavy atom. The number of thiazole rings is 1. The van der Waals surface area contributed by atoms with Gasteiger partial charge >= 0.3 is 0 Å². The molecule has 0 atom stereocenters. The second-order valence-corrected chi connectivity index (χ2v) is 11.7. The average molecular weight is 560 g/mol. The summed E-state index contributed by atoms with van der Waals surface area (Å²) in [6, 6.07) is 11.8. The second kappa shape index (κ2) is 10.7. The molecule has 4 aromatic rings. The predicted molar refractivity (Wildman–Crippen MR) is 141 cm³/mol. The molecule has 1 saturated heterocycles. The molecule has 2 aromatic carbocycles. The highest BCUT2D eigenvalue weighted by Crippen LogP contribution is 2.41. The van der Waals surface area contributed by atoms with Crippen molar-refractivity contribution in [2.45, 2.75) is 24.3 Å². The monoisotopic (exact) mass is 559 g/mol. The zero-order valence-electron chi connectivity index (χ0n) is 20.8. The number of hydrogen-bond donors (Lipinski definition) is 0. The smallest absolute Gasteiger partial charge is 0.243 e. The van der Waals surface area contributed by atoms with Crippen molar-refractivity contribution < 1.29 is 31.5 Å². The normalized spacial score (nSPS) is 15.0. The summed E-state index contributed by atoms with van der Waals surface area (Å²) in [6.07, 6.45) is 2.22. The van der Waals surface area contributed by atoms with E-state index in [-0.39, 0.29) is 30.4 Å². The molecule has 12 heteroatoms. The van der Waals surface area contributed by atoms with E-state index in [1.807, 2.05) is 0 Å². The number of methoxy groups -OCH3 is 2. The molecule has 5 rings (SSSR count). The molecule has 0 saturated carbocycles. The molecule has 0 bridgehead atoms. The molecule has 2 aromatic heterocycles. The zero-order valence-corrected chi connectivity index (χ0v) is 22.4. The van der Waals surface area contributed by atoms with Crippen LogP contribution in [0.25, 0.3) is 10.2 Å². The average Bonchev–Trinajstić information content (AvgIpc) is 3.61. The Hall–Kier alpha value is -3.48. The van der Waals surface area contributed by atoms with Crippen LogP contribution in [0.1, 0.15) is 18.6 Å². The van der Waals surface area contributed by atoms with Crippen molar-refractivity contribution in [3.63, 3.8) is 0 Å². The molecular weight excluding hydrogens is 533 g/mol. The first-order valence-electron chi connectivity index (χ1n) is 11.9. The molecule has 38 heavy (non-hydrogen) atoms. The first-order chi connectivity index (χ1) is 18.3. The third-order valence-electron chi connectivity index (χ3n) is 6.54. The molecule has 200 valence electrons. The maximum Gasteiger partial charge on any atom is 0.243 e. The Morgan fingerprint density at radius 2 is 1.79 bits per heavy atom. The number of rotatable bonds is 8. The van der Waals surface area contributed by atoms with E-state index < -0.39 is 21.8 Å². The summed E-state index contributed by atoms with van der Waals surface area (Å²) in [5, 5.41) is 0.463. The number of hydrogen-bond acceptors (Lipinski definition) is 8. The molecule has 1 fully saturated rings. The highest BCUT2D eigenvalue weighted by molar-refractivity contribution is 7.89. The highest BCUT2D eigenvalue weighted by atomic mass is 32.2. The first-order valence-corrected chi connectivity index (χ1v) is 14.2. The maximum absolute atomic E-state index is 13.9. The van der Waals surface area contributed by atoms with Gasteiger partial charge in [0.1, 0.15) is 33.3 Å². The number of furan rings is 1. The molecule has 1 aliphatic rings. The minimum absolute atomic E-state index is 0.0282. The van der Waals surface area contributed by atoms with Crippen LogP contribution in [0.4, 0.5) is 9.52 Å². The Bertz CT molecular complexity index is 1490. The lowest BCUT2D eigenvalue weighted by atomic mass is 9.96. The number of aromatic nitrogens is 1. The van der Waals surface area contributed by atoms with Gasteiger partial charge in [-0.3, -0.25) is 9.69 Å². The van der Waals surface area contributed by atoms with Gasteiger partial charge in [0, 0.05) is 19.0 Å². The molecule has 3 heterocycles. The fourth-order valence-corrected chi connectivity index (χ4v) is 7.06. The van der Waals surface area contributed by atoms with Crippen molar-refractivity contribution in [2.24, 2.45) is 5.92 Å². The van der Waals surface area contributed by atoms with Crippen LogP contribution in [0, 0.1) is 11.7 Å². The molecule has 9 nitrogen and oxygen atoms in total. The van der Waals surface area contributed by atoms with E-state index in [1.165, 1.54) is 27.8 Å². The minimum Gasteiger partial charge on any atom is -0.495 e. The van der Waals surface area contributed by atoms with E-state index in [9.17, 15) is 17.6 Å². The van der Waals surface area contributed by atoms with Crippen LogP contribution < -0.4 is 14.4 Å². The number of anilines is 1. The zero-order chi connectivity index (χ0) is 26.9. The Labute approximate surface area is 223 Å². The lowest BCUT2D eigenvalue weighted by molar-refractivity contribution is -0.123. The van der Waals surface area contributed by atoms with E-state index >= 15 is 0 Å². The summed E-state index contributed by atoms with van der Waals surface area (Å²) < 4.78 is 57.9. The van der Waals surface area contributed by atoms with Gasteiger partial charge in [-0.2, -0.15) is 4.31 Å². The van der Waals surface area contributed by atoms with E-state index in [1.54, 1.807) is 49.6 Å². The highest BCUT2D eigenvalue weighted by Gasteiger charge is 2.35. The molecular formula is C26H26FN3O6S2. The summed E-state index contributed by atoms with van der Waals surface area (Å²) in [5.74, 6) is 0.683. The lowest BCUT2D eigenvalue weighted by Gasteiger charge is -2.32. The van der Waals surface area contributed by atoms with Gasteiger partial charge in [-0.15, -0.1) is 0 Å². The van der Waals surface area contributed by atoms with E-state index in [2.05, 4.69) is 0 Å². The van der Waals surface area contributed by atoms with Crippen molar-refractivity contribution in [2.75, 3.05) is 32.2 Å². The van der Waals surface area contributed by atoms with Crippen LogP contribution in [0.5, 0.6) is 11.5 Å². The van der Waals surface area contributed by atoms with Crippen molar-refractivity contribution in [1.82, 2.24) is 9.29 Å². The van der Waals surface area contributed by atoms with Crippen LogP contribution in [0.15, 0.2) is 64.1 Å². The van der Waals surface area contributed by atoms with E-state index in [0.717, 1.165) is 16.8 Å². The number of sulfonamides is 1. The van der Waals surface area contributed by atoms with Gasteiger partial charge in [-0.05, 0) is 61.4 Å². The quantitative estimate of drug-likeness (QED) is 0.309. The fourth-order valence-electron chi connectivity index (χ4n) is 4.51. The Balaban J connectivity index is 1.40. The Kier molecular flexibility index (Phi) is 7.37. The number of amides is 1. The topological polar surface area (TPSA) is 102 Å². The standard InChI is InChI=1S/C26H26FN3O6S2/c1-34-21-9-10-22(35-2)24-23(21)28-26(37-24)30(16-19-4-3-15-36-19)25(31)17-11-13-29(14-12-17)38(32,33)20-7-5-18(27)6-8-20/h3-10,15,17H,11-14,16H2,1-2H3. The minimum atomic E-state index is -3.79. The summed E-state index contributed by atoms with van der Waals surface area (Å²) in [4.78, 5) is 20.2. The summed E-state index contributed by atoms with van der Waals surface area (Å²) in [5.41, 5.74) is 0.587. The molecule has 1 aliphatic heterocycles. The number of carbonyl (C=O) groups excluding carboxylic acids is 1. The van der Waals surface area contributed by atoms with Gasteiger partial charge in [0.05, 0.1) is 31.9 Å². The SMILES string of the molecule is COc1ccc(OC)c2sc(N(Cc3ccco3)C(=O)C3CCN(S(=O)(=O)c4ccc(F)cc4)CC3)nc12. The molecule has 0 unspecified atom stereocenters. The number of ether oxygens (including phenoxy) is 2. The van der Waals surface area contributed by atoms with Crippen LogP contribution >= 0.6 is 11.3 Å². The van der Waals surface area contributed by atoms with Crippen LogP contribution in [-0.4, -0.2) is 50.9 Å². The van der Waals surface area contributed by atoms with Gasteiger partial charge < -0.3 is 13.9 Å². The number of piperidine rings is 1. The van der Waals surface area contributed by atoms with Gasteiger partial charge in [-0.25, -0.2) is 17.8 Å². The van der Waals surface area contributed by atoms with Crippen molar-refractivity contribution in [3.05, 3.63) is 66.4 Å². The van der Waals surface area contributed by atoms with Gasteiger partial charge in [0.15, 0.2) is 5.13 Å². The summed E-state index contributed by atoms with van der Waals surface area (Å²) in [7, 11) is -0.660. The maximum atomic E-state index is 13.9. The number of nitrogens with zero attached hydrogens (tertiary/aromatic N) is 3. The second-order valence-electron chi connectivity index (χ2n) is 8.78. The van der Waals surface area contributed by atoms with Crippen molar-refractivity contribution >= 4 is 42.6 Å². The molecule has 0 spiro atoms. The largest absolute Gasteiger partial charge is 0.495 e. The molecule has 0 N–H and O–H groups in total. The van der Waals surface area contributed by atoms with Crippen molar-refractivity contribution in [3.8, 4) is 11.5 Å². The number of benzene rings is 2. The summed E-state index contributed by atoms with van der Waals surface area (Å²) in [6.45, 7) is 0.517. The summed E-state index contributed by atoms with van der Waals surface area (Å²) >= 11 is 1.31. The Morgan fingerprint density at radius 3 is 2.42 bits per heavy atom. The van der Waals surface area contributed by atoms with Crippen LogP contribution in [0.2, 0.25) is 0 Å². The van der Waals surface area contributed by atoms with Crippen LogP contribution in [-0.2, 0) is 21.4 Å². The molecule has 0 radical (unpaired) electrons. The van der Waals surface area contributed by atoms with Crippen LogP contribution in [0.3, 0.4) is 0 Å². The van der Waals surface area contributed by atoms with Crippen molar-refractivity contribution in [1.29, 1.82) is 0 Å². The lowest BCUT2D eigenvalue weighted by Crippen LogP contribution is -2.44. The fraction of sp³-hybridized carbons (Fsp3) is 0.308. The molecule has 0 aliphatic carbocycles.